The number of carbonyl (C=O) groups excluding carboxylic acids is 3. The van der Waals surface area contributed by atoms with Crippen LogP contribution in [0.1, 0.15) is 28.8 Å². The molecule has 1 N–H and O–H groups in total. The largest absolute Gasteiger partial charge is 0.340 e. The maximum atomic E-state index is 12.9. The van der Waals surface area contributed by atoms with E-state index < -0.39 is 0 Å². The number of fused-ring (bicyclic) bond motifs is 1. The third kappa shape index (κ3) is 3.93. The molecule has 2 aromatic rings. The summed E-state index contributed by atoms with van der Waals surface area (Å²) >= 11 is 5.82. The third-order valence-electron chi connectivity index (χ3n) is 5.46. The number of pyridine rings is 1. The Morgan fingerprint density at radius 2 is 1.97 bits per heavy atom. The molecule has 1 atom stereocenters. The van der Waals surface area contributed by atoms with Gasteiger partial charge in [0.25, 0.3) is 5.91 Å². The monoisotopic (exact) mass is 424 g/mol. The van der Waals surface area contributed by atoms with Crippen LogP contribution < -0.4 is 5.32 Å². The van der Waals surface area contributed by atoms with Gasteiger partial charge in [0.1, 0.15) is 12.4 Å². The number of carbonyl (C=O) groups is 3. The van der Waals surface area contributed by atoms with Gasteiger partial charge in [-0.3, -0.25) is 19.3 Å². The molecule has 0 radical (unpaired) electrons. The molecule has 0 spiro atoms. The summed E-state index contributed by atoms with van der Waals surface area (Å²) in [7, 11) is 0. The van der Waals surface area contributed by atoms with Crippen LogP contribution >= 0.6 is 11.6 Å². The van der Waals surface area contributed by atoms with Crippen LogP contribution in [0, 0.1) is 5.92 Å². The van der Waals surface area contributed by atoms with Gasteiger partial charge in [0.2, 0.25) is 11.8 Å². The molecule has 1 aromatic heterocycles. The molecule has 8 heteroatoms. The van der Waals surface area contributed by atoms with E-state index in [0.29, 0.717) is 48.0 Å². The van der Waals surface area contributed by atoms with Crippen LogP contribution in [0.2, 0.25) is 5.02 Å². The molecule has 1 unspecified atom stereocenters. The molecule has 7 nitrogen and oxygen atoms in total. The van der Waals surface area contributed by atoms with Crippen LogP contribution in [0.5, 0.6) is 0 Å². The minimum Gasteiger partial charge on any atom is -0.340 e. The highest BCUT2D eigenvalue weighted by Crippen LogP contribution is 2.31. The number of likely N-dealkylation sites (tertiary alicyclic amines) is 1. The van der Waals surface area contributed by atoms with Crippen LogP contribution in [0.25, 0.3) is 5.70 Å². The van der Waals surface area contributed by atoms with Gasteiger partial charge in [0.15, 0.2) is 0 Å². The van der Waals surface area contributed by atoms with Crippen molar-refractivity contribution in [2.45, 2.75) is 12.8 Å². The Kier molecular flexibility index (Phi) is 5.55. The van der Waals surface area contributed by atoms with Crippen molar-refractivity contribution in [2.75, 3.05) is 25.0 Å². The molecule has 1 fully saturated rings. The van der Waals surface area contributed by atoms with Crippen LogP contribution in [0.15, 0.2) is 49.2 Å². The topological polar surface area (TPSA) is 82.6 Å². The first kappa shape index (κ1) is 20.1. The lowest BCUT2D eigenvalue weighted by molar-refractivity contribution is -0.134. The molecule has 2 aliphatic rings. The Labute approximate surface area is 179 Å². The minimum absolute atomic E-state index is 0.0839. The van der Waals surface area contributed by atoms with E-state index in [1.54, 1.807) is 29.2 Å². The predicted octanol–water partition coefficient (Wildman–Crippen LogP) is 3.04. The Bertz CT molecular complexity index is 986. The number of nitrogens with zero attached hydrogens (tertiary/aromatic N) is 3. The SMILES string of the molecule is C=C1c2ccccc2C(=O)N1CC(=O)N1CCCC(C(=O)Nc2ccc(Cl)cn2)C1. The summed E-state index contributed by atoms with van der Waals surface area (Å²) in [6, 6.07) is 10.5. The Hall–Kier alpha value is -3.19. The van der Waals surface area contributed by atoms with E-state index in [1.807, 2.05) is 12.1 Å². The zero-order valence-corrected chi connectivity index (χ0v) is 17.1. The fraction of sp³-hybridized carbons (Fsp3) is 0.273. The molecule has 3 amide bonds. The van der Waals surface area contributed by atoms with E-state index in [0.717, 1.165) is 5.56 Å². The van der Waals surface area contributed by atoms with Crippen molar-refractivity contribution in [1.82, 2.24) is 14.8 Å². The maximum absolute atomic E-state index is 12.9. The number of rotatable bonds is 4. The second-order valence-electron chi connectivity index (χ2n) is 7.41. The van der Waals surface area contributed by atoms with E-state index in [9.17, 15) is 14.4 Å². The Morgan fingerprint density at radius 1 is 1.20 bits per heavy atom. The van der Waals surface area contributed by atoms with Crippen LogP contribution in [-0.2, 0) is 9.59 Å². The van der Waals surface area contributed by atoms with Gasteiger partial charge in [-0.05, 0) is 31.0 Å². The summed E-state index contributed by atoms with van der Waals surface area (Å²) in [6.45, 7) is 4.76. The molecule has 0 bridgehead atoms. The number of piperidine rings is 1. The summed E-state index contributed by atoms with van der Waals surface area (Å²) in [4.78, 5) is 45.3. The molecule has 1 aromatic carbocycles. The van der Waals surface area contributed by atoms with Gasteiger partial charge in [0, 0.05) is 36.1 Å². The van der Waals surface area contributed by atoms with Crippen molar-refractivity contribution in [2.24, 2.45) is 5.92 Å². The minimum atomic E-state index is -0.338. The van der Waals surface area contributed by atoms with E-state index >= 15 is 0 Å². The van der Waals surface area contributed by atoms with Gasteiger partial charge in [-0.1, -0.05) is 36.4 Å². The molecule has 3 heterocycles. The van der Waals surface area contributed by atoms with Crippen LogP contribution in [0.4, 0.5) is 5.82 Å². The number of amides is 3. The first-order chi connectivity index (χ1) is 14.4. The highest BCUT2D eigenvalue weighted by Gasteiger charge is 2.35. The second kappa shape index (κ2) is 8.28. The summed E-state index contributed by atoms with van der Waals surface area (Å²) in [5.41, 5.74) is 1.84. The zero-order chi connectivity index (χ0) is 21.3. The first-order valence-electron chi connectivity index (χ1n) is 9.74. The molecule has 0 saturated carbocycles. The number of nitrogens with one attached hydrogen (secondary N) is 1. The van der Waals surface area contributed by atoms with Crippen LogP contribution in [-0.4, -0.2) is 52.1 Å². The lowest BCUT2D eigenvalue weighted by Gasteiger charge is -2.33. The van der Waals surface area contributed by atoms with Gasteiger partial charge in [0.05, 0.1) is 10.9 Å². The van der Waals surface area contributed by atoms with Crippen molar-refractivity contribution < 1.29 is 14.4 Å². The fourth-order valence-electron chi connectivity index (χ4n) is 3.83. The number of hydrogen-bond acceptors (Lipinski definition) is 4. The number of benzene rings is 1. The van der Waals surface area contributed by atoms with E-state index in [1.165, 1.54) is 11.1 Å². The van der Waals surface area contributed by atoms with E-state index in [2.05, 4.69) is 16.9 Å². The summed E-state index contributed by atoms with van der Waals surface area (Å²) in [5, 5.41) is 3.26. The smallest absolute Gasteiger partial charge is 0.259 e. The second-order valence-corrected chi connectivity index (χ2v) is 7.85. The molecule has 154 valence electrons. The normalized spacial score (nSPS) is 18.4. The van der Waals surface area contributed by atoms with Gasteiger partial charge in [-0.15, -0.1) is 0 Å². The van der Waals surface area contributed by atoms with Gasteiger partial charge < -0.3 is 10.2 Å². The van der Waals surface area contributed by atoms with E-state index in [4.69, 9.17) is 11.6 Å². The molecule has 2 aliphatic heterocycles. The Balaban J connectivity index is 1.38. The van der Waals surface area contributed by atoms with Gasteiger partial charge >= 0.3 is 0 Å². The Morgan fingerprint density at radius 3 is 2.67 bits per heavy atom. The molecule has 4 rings (SSSR count). The van der Waals surface area contributed by atoms with Crippen molar-refractivity contribution in [3.63, 3.8) is 0 Å². The van der Waals surface area contributed by atoms with Crippen LogP contribution in [0.3, 0.4) is 0 Å². The average molecular weight is 425 g/mol. The predicted molar refractivity (Wildman–Crippen MR) is 114 cm³/mol. The highest BCUT2D eigenvalue weighted by atomic mass is 35.5. The number of aromatic nitrogens is 1. The summed E-state index contributed by atoms with van der Waals surface area (Å²) in [5.74, 6) is -0.515. The number of anilines is 1. The van der Waals surface area contributed by atoms with Gasteiger partial charge in [-0.25, -0.2) is 4.98 Å². The standard InChI is InChI=1S/C22H21ClN4O3/c1-14-17-6-2-3-7-18(17)22(30)27(14)13-20(28)26-10-4-5-15(12-26)21(29)25-19-9-8-16(23)11-24-19/h2-3,6-9,11,15H,1,4-5,10,12-13H2,(H,24,25,29). The number of hydrogen-bond donors (Lipinski definition) is 1. The van der Waals surface area contributed by atoms with Crippen molar-refractivity contribution in [3.05, 3.63) is 65.3 Å². The lowest BCUT2D eigenvalue weighted by Crippen LogP contribution is -2.47. The van der Waals surface area contributed by atoms with Crippen molar-refractivity contribution >= 4 is 40.8 Å². The lowest BCUT2D eigenvalue weighted by atomic mass is 9.97. The van der Waals surface area contributed by atoms with Gasteiger partial charge in [-0.2, -0.15) is 0 Å². The number of halogens is 1. The molecular weight excluding hydrogens is 404 g/mol. The van der Waals surface area contributed by atoms with Crippen molar-refractivity contribution in [3.8, 4) is 0 Å². The average Bonchev–Trinajstić information content (AvgIpc) is 3.00. The summed E-state index contributed by atoms with van der Waals surface area (Å²) in [6.07, 6.45) is 2.86. The first-order valence-corrected chi connectivity index (χ1v) is 10.1. The third-order valence-corrected chi connectivity index (χ3v) is 5.68. The zero-order valence-electron chi connectivity index (χ0n) is 16.3. The molecule has 0 aliphatic carbocycles. The molecule has 30 heavy (non-hydrogen) atoms. The quantitative estimate of drug-likeness (QED) is 0.817. The highest BCUT2D eigenvalue weighted by molar-refractivity contribution is 6.30. The van der Waals surface area contributed by atoms with Crippen molar-refractivity contribution in [1.29, 1.82) is 0 Å². The molecular formula is C22H21ClN4O3. The summed E-state index contributed by atoms with van der Waals surface area (Å²) < 4.78 is 0. The van der Waals surface area contributed by atoms with E-state index in [-0.39, 0.29) is 30.2 Å². The fourth-order valence-corrected chi connectivity index (χ4v) is 3.94. The molecule has 1 saturated heterocycles. The maximum Gasteiger partial charge on any atom is 0.259 e.